The minimum atomic E-state index is -0.567. The zero-order valence-corrected chi connectivity index (χ0v) is 18.9. The number of hydrogen-bond acceptors (Lipinski definition) is 5. The Morgan fingerprint density at radius 2 is 1.32 bits per heavy atom. The molecule has 0 aliphatic heterocycles. The number of amides is 3. The highest BCUT2D eigenvalue weighted by atomic mass is 16.5. The molecule has 0 atom stereocenters. The number of ether oxygens (including phenoxy) is 1. The normalized spacial score (nSPS) is 10.2. The number of rotatable bonds is 8. The van der Waals surface area contributed by atoms with Crippen molar-refractivity contribution in [1.29, 1.82) is 0 Å². The number of para-hydroxylation sites is 1. The van der Waals surface area contributed by atoms with Gasteiger partial charge in [0.05, 0.1) is 13.0 Å². The van der Waals surface area contributed by atoms with E-state index in [0.717, 1.165) is 0 Å². The van der Waals surface area contributed by atoms with E-state index in [-0.39, 0.29) is 24.7 Å². The molecule has 3 aromatic rings. The van der Waals surface area contributed by atoms with Crippen molar-refractivity contribution in [3.05, 3.63) is 84.4 Å². The van der Waals surface area contributed by atoms with Crippen molar-refractivity contribution in [2.45, 2.75) is 20.3 Å². The standard InChI is InChI=1S/C26H25N3O5/c1-3-34-26(33)28-21-11-9-19(10-12-21)25(32)29(22-7-5-4-6-8-22)23-15-13-20(14-16-23)27-24(31)17-18(2)30/h4-16H,3,17H2,1-2H3,(H,27,31)(H,28,33). The number of nitrogens with one attached hydrogen (secondary N) is 2. The maximum Gasteiger partial charge on any atom is 0.411 e. The van der Waals surface area contributed by atoms with Crippen LogP contribution in [0, 0.1) is 0 Å². The molecule has 0 aromatic heterocycles. The summed E-state index contributed by atoms with van der Waals surface area (Å²) in [7, 11) is 0. The number of ketones is 1. The second-order valence-corrected chi connectivity index (χ2v) is 7.37. The van der Waals surface area contributed by atoms with Crippen LogP contribution in [-0.4, -0.2) is 30.3 Å². The lowest BCUT2D eigenvalue weighted by atomic mass is 10.1. The molecule has 3 amide bonds. The van der Waals surface area contributed by atoms with Gasteiger partial charge in [-0.05, 0) is 74.5 Å². The summed E-state index contributed by atoms with van der Waals surface area (Å²) < 4.78 is 4.86. The van der Waals surface area contributed by atoms with Gasteiger partial charge in [0.1, 0.15) is 5.78 Å². The van der Waals surface area contributed by atoms with Crippen molar-refractivity contribution in [1.82, 2.24) is 0 Å². The van der Waals surface area contributed by atoms with Crippen molar-refractivity contribution in [3.63, 3.8) is 0 Å². The van der Waals surface area contributed by atoms with Gasteiger partial charge in [-0.25, -0.2) is 4.79 Å². The Balaban J connectivity index is 1.84. The Morgan fingerprint density at radius 3 is 1.91 bits per heavy atom. The smallest absolute Gasteiger partial charge is 0.411 e. The molecule has 0 unspecified atom stereocenters. The summed E-state index contributed by atoms with van der Waals surface area (Å²) in [5.74, 6) is -0.895. The Hall–Kier alpha value is -4.46. The SMILES string of the molecule is CCOC(=O)Nc1ccc(C(=O)N(c2ccccc2)c2ccc(NC(=O)CC(C)=O)cc2)cc1. The fourth-order valence-electron chi connectivity index (χ4n) is 3.20. The number of anilines is 4. The van der Waals surface area contributed by atoms with E-state index in [9.17, 15) is 19.2 Å². The first-order valence-electron chi connectivity index (χ1n) is 10.7. The second-order valence-electron chi connectivity index (χ2n) is 7.37. The quantitative estimate of drug-likeness (QED) is 0.453. The predicted octanol–water partition coefficient (Wildman–Crippen LogP) is 5.15. The Kier molecular flexibility index (Phi) is 8.12. The van der Waals surface area contributed by atoms with Gasteiger partial charge >= 0.3 is 6.09 Å². The van der Waals surface area contributed by atoms with Crippen LogP contribution in [-0.2, 0) is 14.3 Å². The molecular weight excluding hydrogens is 434 g/mol. The number of nitrogens with zero attached hydrogens (tertiary/aromatic N) is 1. The first-order chi connectivity index (χ1) is 16.4. The number of Topliss-reactive ketones (excluding diaryl/α,β-unsaturated/α-hetero) is 1. The highest BCUT2D eigenvalue weighted by Crippen LogP contribution is 2.29. The van der Waals surface area contributed by atoms with Crippen LogP contribution in [0.5, 0.6) is 0 Å². The van der Waals surface area contributed by atoms with E-state index in [1.54, 1.807) is 60.4 Å². The number of benzene rings is 3. The van der Waals surface area contributed by atoms with Crippen molar-refractivity contribution < 1.29 is 23.9 Å². The summed E-state index contributed by atoms with van der Waals surface area (Å²) in [5, 5.41) is 5.26. The molecule has 0 aliphatic rings. The predicted molar refractivity (Wildman–Crippen MR) is 130 cm³/mol. The average molecular weight is 460 g/mol. The van der Waals surface area contributed by atoms with Gasteiger partial charge in [-0.3, -0.25) is 24.6 Å². The van der Waals surface area contributed by atoms with Crippen molar-refractivity contribution in [3.8, 4) is 0 Å². The van der Waals surface area contributed by atoms with E-state index in [0.29, 0.717) is 28.3 Å². The van der Waals surface area contributed by atoms with Gasteiger partial charge < -0.3 is 10.1 Å². The fourth-order valence-corrected chi connectivity index (χ4v) is 3.20. The van der Waals surface area contributed by atoms with Crippen LogP contribution < -0.4 is 15.5 Å². The highest BCUT2D eigenvalue weighted by Gasteiger charge is 2.20. The molecule has 0 aliphatic carbocycles. The molecule has 0 fully saturated rings. The summed E-state index contributed by atoms with van der Waals surface area (Å²) in [5.41, 5.74) is 2.69. The van der Waals surface area contributed by atoms with Gasteiger partial charge in [0.25, 0.3) is 5.91 Å². The molecule has 0 radical (unpaired) electrons. The molecule has 3 aromatic carbocycles. The Bertz CT molecular complexity index is 1160. The van der Waals surface area contributed by atoms with Gasteiger partial charge in [-0.2, -0.15) is 0 Å². The molecule has 3 rings (SSSR count). The summed E-state index contributed by atoms with van der Waals surface area (Å²) in [4.78, 5) is 49.6. The molecule has 0 spiro atoms. The van der Waals surface area contributed by atoms with E-state index in [1.807, 2.05) is 30.3 Å². The molecule has 0 saturated heterocycles. The zero-order valence-electron chi connectivity index (χ0n) is 18.9. The molecule has 0 bridgehead atoms. The van der Waals surface area contributed by atoms with Gasteiger partial charge in [-0.1, -0.05) is 18.2 Å². The lowest BCUT2D eigenvalue weighted by Crippen LogP contribution is -2.26. The van der Waals surface area contributed by atoms with Crippen molar-refractivity contribution in [2.24, 2.45) is 0 Å². The first kappa shape index (κ1) is 24.2. The van der Waals surface area contributed by atoms with E-state index in [2.05, 4.69) is 10.6 Å². The van der Waals surface area contributed by atoms with Gasteiger partial charge in [0.15, 0.2) is 0 Å². The minimum absolute atomic E-state index is 0.197. The van der Waals surface area contributed by atoms with Crippen LogP contribution in [0.4, 0.5) is 27.5 Å². The fraction of sp³-hybridized carbons (Fsp3) is 0.154. The maximum absolute atomic E-state index is 13.5. The van der Waals surface area contributed by atoms with E-state index in [4.69, 9.17) is 4.74 Å². The molecule has 174 valence electrons. The van der Waals surface area contributed by atoms with Crippen molar-refractivity contribution in [2.75, 3.05) is 22.1 Å². The largest absolute Gasteiger partial charge is 0.450 e. The molecule has 8 nitrogen and oxygen atoms in total. The van der Waals surface area contributed by atoms with E-state index >= 15 is 0 Å². The van der Waals surface area contributed by atoms with E-state index < -0.39 is 12.0 Å². The molecule has 0 heterocycles. The monoisotopic (exact) mass is 459 g/mol. The summed E-state index contributed by atoms with van der Waals surface area (Å²) in [6.07, 6.45) is -0.764. The lowest BCUT2D eigenvalue weighted by Gasteiger charge is -2.23. The van der Waals surface area contributed by atoms with Gasteiger partial charge in [-0.15, -0.1) is 0 Å². The maximum atomic E-state index is 13.5. The number of carbonyl (C=O) groups is 4. The third-order valence-corrected chi connectivity index (χ3v) is 4.69. The molecular formula is C26H25N3O5. The second kappa shape index (κ2) is 11.4. The van der Waals surface area contributed by atoms with Crippen LogP contribution in [0.2, 0.25) is 0 Å². The van der Waals surface area contributed by atoms with Gasteiger partial charge in [0.2, 0.25) is 5.91 Å². The van der Waals surface area contributed by atoms with Crippen molar-refractivity contribution >= 4 is 46.4 Å². The number of hydrogen-bond donors (Lipinski definition) is 2. The van der Waals surface area contributed by atoms with Crippen LogP contribution in [0.3, 0.4) is 0 Å². The van der Waals surface area contributed by atoms with Crippen LogP contribution in [0.15, 0.2) is 78.9 Å². The average Bonchev–Trinajstić information content (AvgIpc) is 2.81. The Labute approximate surface area is 197 Å². The molecule has 2 N–H and O–H groups in total. The van der Waals surface area contributed by atoms with Crippen LogP contribution in [0.1, 0.15) is 30.6 Å². The topological polar surface area (TPSA) is 105 Å². The first-order valence-corrected chi connectivity index (χ1v) is 10.7. The lowest BCUT2D eigenvalue weighted by molar-refractivity contribution is -0.124. The highest BCUT2D eigenvalue weighted by molar-refractivity contribution is 6.11. The third-order valence-electron chi connectivity index (χ3n) is 4.69. The zero-order chi connectivity index (χ0) is 24.5. The summed E-state index contributed by atoms with van der Waals surface area (Å²) in [6, 6.07) is 22.4. The number of carbonyl (C=O) groups excluding carboxylic acids is 4. The van der Waals surface area contributed by atoms with E-state index in [1.165, 1.54) is 6.92 Å². The Morgan fingerprint density at radius 1 is 0.765 bits per heavy atom. The molecule has 8 heteroatoms. The summed E-state index contributed by atoms with van der Waals surface area (Å²) in [6.45, 7) is 3.32. The summed E-state index contributed by atoms with van der Waals surface area (Å²) >= 11 is 0. The van der Waals surface area contributed by atoms with Gasteiger partial charge in [0, 0.05) is 28.3 Å². The third kappa shape index (κ3) is 6.52. The molecule has 34 heavy (non-hydrogen) atoms. The van der Waals surface area contributed by atoms with Crippen LogP contribution in [0.25, 0.3) is 0 Å². The minimum Gasteiger partial charge on any atom is -0.450 e. The van der Waals surface area contributed by atoms with Crippen LogP contribution >= 0.6 is 0 Å². The molecule has 0 saturated carbocycles.